The van der Waals surface area contributed by atoms with Crippen molar-refractivity contribution in [3.63, 3.8) is 0 Å². The number of rotatable bonds is 3. The van der Waals surface area contributed by atoms with Crippen LogP contribution in [0.3, 0.4) is 0 Å². The average Bonchev–Trinajstić information content (AvgIpc) is 3.10. The van der Waals surface area contributed by atoms with Gasteiger partial charge >= 0.3 is 12.1 Å². The summed E-state index contributed by atoms with van der Waals surface area (Å²) in [5.41, 5.74) is -0.973. The van der Waals surface area contributed by atoms with Gasteiger partial charge in [-0.2, -0.15) is 13.2 Å². The van der Waals surface area contributed by atoms with Crippen molar-refractivity contribution in [2.24, 2.45) is 11.8 Å². The molecule has 1 aliphatic heterocycles. The van der Waals surface area contributed by atoms with Gasteiger partial charge in [-0.15, -0.1) is 0 Å². The van der Waals surface area contributed by atoms with Crippen LogP contribution in [0.1, 0.15) is 49.5 Å². The molecule has 1 N–H and O–H groups in total. The normalized spacial score (nSPS) is 26.7. The highest BCUT2D eigenvalue weighted by atomic mass is 19.4. The molecule has 0 bridgehead atoms. The molecule has 26 heavy (non-hydrogen) atoms. The molecule has 1 aromatic heterocycles. The number of carboxylic acid groups (broad SMARTS) is 1. The molecule has 3 rings (SSSR count). The lowest BCUT2D eigenvalue weighted by molar-refractivity contribution is -0.145. The fourth-order valence-corrected chi connectivity index (χ4v) is 3.75. The predicted molar refractivity (Wildman–Crippen MR) is 84.1 cm³/mol. The first-order valence-corrected chi connectivity index (χ1v) is 8.67. The standard InChI is InChI=1S/C17H20F3N3O3/c18-17(19,20)13-5-7-21-14(22-13)12-6-8-23(9-12)15(24)10-1-3-11(4-2-10)16(25)26/h5,7,10-12H,1-4,6,8-9H2,(H,25,26). The zero-order valence-electron chi connectivity index (χ0n) is 14.1. The number of halogens is 3. The molecule has 6 nitrogen and oxygen atoms in total. The molecule has 2 fully saturated rings. The van der Waals surface area contributed by atoms with Crippen LogP contribution in [-0.4, -0.2) is 44.9 Å². The number of carbonyl (C=O) groups is 2. The van der Waals surface area contributed by atoms with E-state index < -0.39 is 17.8 Å². The van der Waals surface area contributed by atoms with Crippen LogP contribution in [0.2, 0.25) is 0 Å². The summed E-state index contributed by atoms with van der Waals surface area (Å²) >= 11 is 0. The van der Waals surface area contributed by atoms with Crippen LogP contribution in [0.25, 0.3) is 0 Å². The van der Waals surface area contributed by atoms with Crippen molar-refractivity contribution in [1.29, 1.82) is 0 Å². The van der Waals surface area contributed by atoms with Gasteiger partial charge in [0.25, 0.3) is 0 Å². The van der Waals surface area contributed by atoms with Gasteiger partial charge in [-0.3, -0.25) is 9.59 Å². The Morgan fingerprint density at radius 2 is 1.77 bits per heavy atom. The van der Waals surface area contributed by atoms with Crippen molar-refractivity contribution >= 4 is 11.9 Å². The summed E-state index contributed by atoms with van der Waals surface area (Å²) in [6.45, 7) is 0.765. The van der Waals surface area contributed by atoms with E-state index in [-0.39, 0.29) is 29.5 Å². The number of likely N-dealkylation sites (tertiary alicyclic amines) is 1. The second-order valence-electron chi connectivity index (χ2n) is 6.95. The Bertz CT molecular complexity index is 687. The molecule has 0 radical (unpaired) electrons. The van der Waals surface area contributed by atoms with Crippen LogP contribution in [-0.2, 0) is 15.8 Å². The molecule has 9 heteroatoms. The highest BCUT2D eigenvalue weighted by Crippen LogP contribution is 2.34. The van der Waals surface area contributed by atoms with Gasteiger partial charge in [0.1, 0.15) is 11.5 Å². The number of alkyl halides is 3. The van der Waals surface area contributed by atoms with E-state index in [0.717, 1.165) is 12.3 Å². The second-order valence-corrected chi connectivity index (χ2v) is 6.95. The minimum Gasteiger partial charge on any atom is -0.481 e. The molecule has 1 atom stereocenters. The smallest absolute Gasteiger partial charge is 0.433 e. The lowest BCUT2D eigenvalue weighted by atomic mass is 9.81. The van der Waals surface area contributed by atoms with E-state index in [1.807, 2.05) is 0 Å². The van der Waals surface area contributed by atoms with Gasteiger partial charge in [-0.25, -0.2) is 9.97 Å². The zero-order chi connectivity index (χ0) is 18.9. The van der Waals surface area contributed by atoms with Crippen LogP contribution in [0.15, 0.2) is 12.3 Å². The summed E-state index contributed by atoms with van der Waals surface area (Å²) in [4.78, 5) is 32.9. The first-order chi connectivity index (χ1) is 12.3. The predicted octanol–water partition coefficient (Wildman–Crippen LogP) is 2.70. The van der Waals surface area contributed by atoms with E-state index in [9.17, 15) is 22.8 Å². The summed E-state index contributed by atoms with van der Waals surface area (Å²) in [5, 5.41) is 9.03. The highest BCUT2D eigenvalue weighted by molar-refractivity contribution is 5.80. The third-order valence-corrected chi connectivity index (χ3v) is 5.26. The van der Waals surface area contributed by atoms with Crippen molar-refractivity contribution in [3.8, 4) is 0 Å². The molecule has 0 aromatic carbocycles. The van der Waals surface area contributed by atoms with Crippen molar-refractivity contribution < 1.29 is 27.9 Å². The van der Waals surface area contributed by atoms with Gasteiger partial charge in [0.2, 0.25) is 5.91 Å². The van der Waals surface area contributed by atoms with Crippen molar-refractivity contribution in [3.05, 3.63) is 23.8 Å². The van der Waals surface area contributed by atoms with Crippen LogP contribution in [0.4, 0.5) is 13.2 Å². The quantitative estimate of drug-likeness (QED) is 0.883. The maximum atomic E-state index is 12.8. The van der Waals surface area contributed by atoms with E-state index in [0.29, 0.717) is 45.2 Å². The van der Waals surface area contributed by atoms with E-state index in [4.69, 9.17) is 5.11 Å². The van der Waals surface area contributed by atoms with Crippen LogP contribution in [0.5, 0.6) is 0 Å². The molecule has 1 saturated carbocycles. The summed E-state index contributed by atoms with van der Waals surface area (Å²) in [7, 11) is 0. The number of carbonyl (C=O) groups excluding carboxylic acids is 1. The third-order valence-electron chi connectivity index (χ3n) is 5.26. The molecule has 2 heterocycles. The summed E-state index contributed by atoms with van der Waals surface area (Å²) in [6, 6.07) is 0.836. The average molecular weight is 371 g/mol. The maximum Gasteiger partial charge on any atom is 0.433 e. The van der Waals surface area contributed by atoms with Gasteiger partial charge < -0.3 is 10.0 Å². The number of hydrogen-bond acceptors (Lipinski definition) is 4. The van der Waals surface area contributed by atoms with Crippen molar-refractivity contribution in [2.75, 3.05) is 13.1 Å². The van der Waals surface area contributed by atoms with E-state index >= 15 is 0 Å². The minimum atomic E-state index is -4.52. The summed E-state index contributed by atoms with van der Waals surface area (Å²) in [6.07, 6.45) is -0.845. The number of nitrogens with zero attached hydrogens (tertiary/aromatic N) is 3. The maximum absolute atomic E-state index is 12.8. The van der Waals surface area contributed by atoms with Gasteiger partial charge in [0.05, 0.1) is 5.92 Å². The fraction of sp³-hybridized carbons (Fsp3) is 0.647. The Balaban J connectivity index is 1.60. The van der Waals surface area contributed by atoms with Crippen LogP contribution >= 0.6 is 0 Å². The van der Waals surface area contributed by atoms with Gasteiger partial charge in [0.15, 0.2) is 0 Å². The lowest BCUT2D eigenvalue weighted by Crippen LogP contribution is -2.37. The number of aromatic nitrogens is 2. The molecule has 2 aliphatic rings. The SMILES string of the molecule is O=C(O)C1CCC(C(=O)N2CCC(c3nccc(C(F)(F)F)n3)C2)CC1. The molecule has 1 amide bonds. The third kappa shape index (κ3) is 3.96. The Hall–Kier alpha value is -2.19. The van der Waals surface area contributed by atoms with Crippen molar-refractivity contribution in [2.45, 2.75) is 44.2 Å². The van der Waals surface area contributed by atoms with Crippen molar-refractivity contribution in [1.82, 2.24) is 14.9 Å². The van der Waals surface area contributed by atoms with Gasteiger partial charge in [-0.1, -0.05) is 0 Å². The molecular formula is C17H20F3N3O3. The topological polar surface area (TPSA) is 83.4 Å². The molecular weight excluding hydrogens is 351 g/mol. The Kier molecular flexibility index (Phi) is 5.15. The number of amides is 1. The summed E-state index contributed by atoms with van der Waals surface area (Å²) < 4.78 is 38.4. The number of aliphatic carboxylic acids is 1. The Morgan fingerprint density at radius 3 is 2.38 bits per heavy atom. The minimum absolute atomic E-state index is 0.0386. The first kappa shape index (κ1) is 18.6. The van der Waals surface area contributed by atoms with E-state index in [1.165, 1.54) is 0 Å². The molecule has 1 unspecified atom stereocenters. The fourth-order valence-electron chi connectivity index (χ4n) is 3.75. The van der Waals surface area contributed by atoms with Gasteiger partial charge in [0, 0.05) is 31.1 Å². The molecule has 1 saturated heterocycles. The number of hydrogen-bond donors (Lipinski definition) is 1. The molecule has 0 spiro atoms. The van der Waals surface area contributed by atoms with E-state index in [1.54, 1.807) is 4.90 Å². The van der Waals surface area contributed by atoms with Crippen LogP contribution in [0, 0.1) is 11.8 Å². The summed E-state index contributed by atoms with van der Waals surface area (Å²) in [5.74, 6) is -1.64. The van der Waals surface area contributed by atoms with E-state index in [2.05, 4.69) is 9.97 Å². The zero-order valence-corrected chi connectivity index (χ0v) is 14.1. The molecule has 1 aromatic rings. The Morgan fingerprint density at radius 1 is 1.12 bits per heavy atom. The molecule has 142 valence electrons. The highest BCUT2D eigenvalue weighted by Gasteiger charge is 2.37. The van der Waals surface area contributed by atoms with Crippen LogP contribution < -0.4 is 0 Å². The first-order valence-electron chi connectivity index (χ1n) is 8.67. The molecule has 1 aliphatic carbocycles. The van der Waals surface area contributed by atoms with Gasteiger partial charge in [-0.05, 0) is 38.2 Å². The lowest BCUT2D eigenvalue weighted by Gasteiger charge is -2.28. The monoisotopic (exact) mass is 371 g/mol. The largest absolute Gasteiger partial charge is 0.481 e. The number of carboxylic acids is 1. The Labute approximate surface area is 148 Å². The second kappa shape index (κ2) is 7.20.